The quantitative estimate of drug-likeness (QED) is 0.504. The minimum atomic E-state index is -3.67. The van der Waals surface area contributed by atoms with Crippen LogP contribution in [0.4, 0.5) is 0 Å². The molecule has 0 amide bonds. The summed E-state index contributed by atoms with van der Waals surface area (Å²) in [5.41, 5.74) is 1.08. The molecule has 0 saturated carbocycles. The SMILES string of the molecule is CCCN(N)Cc1ccc(Cl)c(Cl)c1.CS(=O)(=O)O. The standard InChI is InChI=1S/C10H14Cl2N2.CH4O3S/c1-2-5-14(13)7-8-3-4-9(11)10(12)6-8;1-5(2,3)4/h3-4,6H,2,5,7,13H2,1H3;1H3,(H,2,3,4). The lowest BCUT2D eigenvalue weighted by molar-refractivity contribution is 0.275. The minimum Gasteiger partial charge on any atom is -0.286 e. The van der Waals surface area contributed by atoms with Crippen LogP contribution in [0.2, 0.25) is 10.0 Å². The van der Waals surface area contributed by atoms with E-state index in [1.807, 2.05) is 12.1 Å². The van der Waals surface area contributed by atoms with Crippen LogP contribution in [0.3, 0.4) is 0 Å². The lowest BCUT2D eigenvalue weighted by atomic mass is 10.2. The van der Waals surface area contributed by atoms with Crippen LogP contribution in [-0.4, -0.2) is 30.8 Å². The van der Waals surface area contributed by atoms with Gasteiger partial charge in [0.05, 0.1) is 16.3 Å². The van der Waals surface area contributed by atoms with Gasteiger partial charge in [0.25, 0.3) is 10.1 Å². The van der Waals surface area contributed by atoms with Crippen molar-refractivity contribution in [2.45, 2.75) is 19.9 Å². The molecule has 0 aliphatic carbocycles. The summed E-state index contributed by atoms with van der Waals surface area (Å²) in [6.07, 6.45) is 1.75. The van der Waals surface area contributed by atoms with Crippen molar-refractivity contribution >= 4 is 33.3 Å². The second-order valence-electron chi connectivity index (χ2n) is 3.95. The molecule has 0 unspecified atom stereocenters. The lowest BCUT2D eigenvalue weighted by Gasteiger charge is -2.15. The van der Waals surface area contributed by atoms with Crippen molar-refractivity contribution in [3.8, 4) is 0 Å². The van der Waals surface area contributed by atoms with E-state index < -0.39 is 10.1 Å². The van der Waals surface area contributed by atoms with Crippen LogP contribution in [-0.2, 0) is 16.7 Å². The third kappa shape index (κ3) is 11.2. The van der Waals surface area contributed by atoms with Crippen LogP contribution in [0, 0.1) is 0 Å². The van der Waals surface area contributed by atoms with Gasteiger partial charge in [0.2, 0.25) is 0 Å². The highest BCUT2D eigenvalue weighted by Crippen LogP contribution is 2.22. The Morgan fingerprint density at radius 3 is 2.26 bits per heavy atom. The summed E-state index contributed by atoms with van der Waals surface area (Å²) < 4.78 is 25.9. The molecule has 3 N–H and O–H groups in total. The van der Waals surface area contributed by atoms with Crippen LogP contribution in [0.5, 0.6) is 0 Å². The molecular formula is C11H18Cl2N2O3S. The van der Waals surface area contributed by atoms with Gasteiger partial charge in [-0.3, -0.25) is 10.4 Å². The highest BCUT2D eigenvalue weighted by molar-refractivity contribution is 7.85. The van der Waals surface area contributed by atoms with Crippen LogP contribution in [0.1, 0.15) is 18.9 Å². The molecule has 0 atom stereocenters. The number of rotatable bonds is 4. The second-order valence-corrected chi connectivity index (χ2v) is 6.23. The number of hydrogen-bond acceptors (Lipinski definition) is 4. The third-order valence-electron chi connectivity index (χ3n) is 1.88. The Morgan fingerprint density at radius 2 is 1.84 bits per heavy atom. The lowest BCUT2D eigenvalue weighted by Crippen LogP contribution is -2.30. The zero-order chi connectivity index (χ0) is 15.1. The molecule has 1 rings (SSSR count). The van der Waals surface area contributed by atoms with E-state index in [4.69, 9.17) is 33.6 Å². The van der Waals surface area contributed by atoms with E-state index in [2.05, 4.69) is 6.92 Å². The molecule has 0 bridgehead atoms. The van der Waals surface area contributed by atoms with Gasteiger partial charge in [-0.15, -0.1) is 0 Å². The third-order valence-corrected chi connectivity index (χ3v) is 2.62. The zero-order valence-corrected chi connectivity index (χ0v) is 13.1. The van der Waals surface area contributed by atoms with Crippen molar-refractivity contribution < 1.29 is 13.0 Å². The molecule has 1 aromatic rings. The summed E-state index contributed by atoms with van der Waals surface area (Å²) >= 11 is 11.7. The molecule has 0 fully saturated rings. The number of nitrogens with zero attached hydrogens (tertiary/aromatic N) is 1. The maximum absolute atomic E-state index is 9.19. The molecule has 5 nitrogen and oxygen atoms in total. The Kier molecular flexibility index (Phi) is 8.56. The fourth-order valence-corrected chi connectivity index (χ4v) is 1.56. The van der Waals surface area contributed by atoms with E-state index in [9.17, 15) is 8.42 Å². The van der Waals surface area contributed by atoms with Gasteiger partial charge in [-0.05, 0) is 24.1 Å². The van der Waals surface area contributed by atoms with Crippen molar-refractivity contribution in [1.29, 1.82) is 0 Å². The first kappa shape index (κ1) is 18.6. The molecule has 19 heavy (non-hydrogen) atoms. The Labute approximate surface area is 124 Å². The van der Waals surface area contributed by atoms with Crippen molar-refractivity contribution in [3.63, 3.8) is 0 Å². The predicted molar refractivity (Wildman–Crippen MR) is 78.8 cm³/mol. The maximum atomic E-state index is 9.19. The van der Waals surface area contributed by atoms with Gasteiger partial charge >= 0.3 is 0 Å². The molecular weight excluding hydrogens is 311 g/mol. The smallest absolute Gasteiger partial charge is 0.261 e. The van der Waals surface area contributed by atoms with Crippen LogP contribution in [0.25, 0.3) is 0 Å². The van der Waals surface area contributed by atoms with Crippen LogP contribution >= 0.6 is 23.2 Å². The molecule has 0 spiro atoms. The molecule has 0 aliphatic heterocycles. The molecule has 0 radical (unpaired) electrons. The Morgan fingerprint density at radius 1 is 1.32 bits per heavy atom. The van der Waals surface area contributed by atoms with Gasteiger partial charge in [-0.25, -0.2) is 5.01 Å². The molecule has 110 valence electrons. The number of hydrazine groups is 1. The van der Waals surface area contributed by atoms with Gasteiger partial charge < -0.3 is 0 Å². The predicted octanol–water partition coefficient (Wildman–Crippen LogP) is 2.58. The Hall–Kier alpha value is -0.370. The molecule has 0 heterocycles. The number of nitrogens with two attached hydrogens (primary N) is 1. The maximum Gasteiger partial charge on any atom is 0.261 e. The van der Waals surface area contributed by atoms with Crippen molar-refractivity contribution in [2.24, 2.45) is 5.84 Å². The van der Waals surface area contributed by atoms with E-state index in [1.165, 1.54) is 0 Å². The van der Waals surface area contributed by atoms with E-state index in [0.29, 0.717) is 22.8 Å². The number of hydrogen-bond donors (Lipinski definition) is 2. The van der Waals surface area contributed by atoms with E-state index in [0.717, 1.165) is 18.5 Å². The molecule has 0 saturated heterocycles. The van der Waals surface area contributed by atoms with E-state index >= 15 is 0 Å². The topological polar surface area (TPSA) is 83.6 Å². The van der Waals surface area contributed by atoms with Crippen molar-refractivity contribution in [1.82, 2.24) is 5.01 Å². The summed E-state index contributed by atoms with van der Waals surface area (Å²) in [4.78, 5) is 0. The largest absolute Gasteiger partial charge is 0.286 e. The first-order chi connectivity index (χ1) is 8.63. The second kappa shape index (κ2) is 8.73. The summed E-state index contributed by atoms with van der Waals surface area (Å²) in [7, 11) is -3.67. The molecule has 8 heteroatoms. The van der Waals surface area contributed by atoms with Gasteiger partial charge in [0, 0.05) is 13.1 Å². The van der Waals surface area contributed by atoms with E-state index in [1.54, 1.807) is 11.1 Å². The monoisotopic (exact) mass is 328 g/mol. The van der Waals surface area contributed by atoms with Crippen molar-refractivity contribution in [3.05, 3.63) is 33.8 Å². The van der Waals surface area contributed by atoms with Gasteiger partial charge in [0.15, 0.2) is 0 Å². The number of halogens is 2. The highest BCUT2D eigenvalue weighted by atomic mass is 35.5. The summed E-state index contributed by atoms with van der Waals surface area (Å²) in [5.74, 6) is 5.76. The zero-order valence-electron chi connectivity index (χ0n) is 10.8. The van der Waals surface area contributed by atoms with Crippen LogP contribution < -0.4 is 5.84 Å². The molecule has 0 aromatic heterocycles. The van der Waals surface area contributed by atoms with Crippen molar-refractivity contribution in [2.75, 3.05) is 12.8 Å². The average Bonchev–Trinajstić information content (AvgIpc) is 2.21. The summed E-state index contributed by atoms with van der Waals surface area (Å²) in [6, 6.07) is 5.57. The Balaban J connectivity index is 0.000000555. The van der Waals surface area contributed by atoms with Crippen LogP contribution in [0.15, 0.2) is 18.2 Å². The first-order valence-electron chi connectivity index (χ1n) is 5.49. The summed E-state index contributed by atoms with van der Waals surface area (Å²) in [6.45, 7) is 3.67. The average molecular weight is 329 g/mol. The summed E-state index contributed by atoms with van der Waals surface area (Å²) in [5, 5.41) is 2.92. The van der Waals surface area contributed by atoms with Gasteiger partial charge in [0.1, 0.15) is 0 Å². The van der Waals surface area contributed by atoms with Gasteiger partial charge in [-0.1, -0.05) is 36.2 Å². The normalized spacial score (nSPS) is 11.1. The van der Waals surface area contributed by atoms with E-state index in [-0.39, 0.29) is 0 Å². The highest BCUT2D eigenvalue weighted by Gasteiger charge is 2.02. The first-order valence-corrected chi connectivity index (χ1v) is 8.10. The van der Waals surface area contributed by atoms with Gasteiger partial charge in [-0.2, -0.15) is 8.42 Å². The fourth-order valence-electron chi connectivity index (χ4n) is 1.24. The Bertz CT molecular complexity index is 487. The molecule has 0 aliphatic rings. The fraction of sp³-hybridized carbons (Fsp3) is 0.455. The number of benzene rings is 1. The minimum absolute atomic E-state index is 0.578. The molecule has 1 aromatic carbocycles.